The van der Waals surface area contributed by atoms with Crippen molar-refractivity contribution in [3.05, 3.63) is 77.1 Å². The van der Waals surface area contributed by atoms with Gasteiger partial charge in [0.05, 0.1) is 23.3 Å². The second kappa shape index (κ2) is 9.78. The van der Waals surface area contributed by atoms with Crippen molar-refractivity contribution in [1.29, 1.82) is 0 Å². The average molecular weight is 432 g/mol. The van der Waals surface area contributed by atoms with Crippen LogP contribution in [0.2, 0.25) is 0 Å². The van der Waals surface area contributed by atoms with Gasteiger partial charge in [0.15, 0.2) is 0 Å². The van der Waals surface area contributed by atoms with Gasteiger partial charge in [-0.25, -0.2) is 4.98 Å². The minimum absolute atomic E-state index is 0.179. The number of anilines is 1. The van der Waals surface area contributed by atoms with E-state index in [0.717, 1.165) is 34.4 Å². The number of carbonyl (C=O) groups excluding carboxylic acids is 1. The van der Waals surface area contributed by atoms with Gasteiger partial charge in [0.1, 0.15) is 0 Å². The van der Waals surface area contributed by atoms with Crippen molar-refractivity contribution in [2.75, 3.05) is 18.5 Å². The van der Waals surface area contributed by atoms with Gasteiger partial charge in [0.25, 0.3) is 5.91 Å². The molecule has 1 N–H and O–H groups in total. The number of fused-ring (bicyclic) bond motifs is 1. The van der Waals surface area contributed by atoms with Crippen LogP contribution in [0.25, 0.3) is 11.0 Å². The maximum atomic E-state index is 13.1. The van der Waals surface area contributed by atoms with Crippen molar-refractivity contribution in [3.63, 3.8) is 0 Å². The number of aromatic nitrogens is 4. The molecular formula is C25H29N5O2. The summed E-state index contributed by atoms with van der Waals surface area (Å²) in [6.45, 7) is 8.71. The molecule has 4 rings (SSSR count). The first-order chi connectivity index (χ1) is 15.5. The molecule has 7 nitrogen and oxygen atoms in total. The van der Waals surface area contributed by atoms with Crippen molar-refractivity contribution in [3.8, 4) is 0 Å². The third-order valence-electron chi connectivity index (χ3n) is 5.38. The molecule has 2 aromatic heterocycles. The number of aryl methyl sites for hydroxylation is 3. The van der Waals surface area contributed by atoms with Gasteiger partial charge in [0, 0.05) is 31.0 Å². The normalized spacial score (nSPS) is 11.2. The molecule has 0 unspecified atom stereocenters. The van der Waals surface area contributed by atoms with E-state index in [2.05, 4.69) is 15.4 Å². The zero-order valence-electron chi connectivity index (χ0n) is 18.8. The number of imidazole rings is 1. The minimum Gasteiger partial charge on any atom is -0.382 e. The molecule has 0 aliphatic carbocycles. The Labute approximate surface area is 188 Å². The standard InChI is InChI=1S/C25H29N5O2/c1-4-32-14-8-13-29-23-12-6-5-11-22(23)26-25(29)27-24(31)21-10-7-9-20(16-21)17-30-19(3)15-18(2)28-30/h5-7,9-12,15-16H,4,8,13-14,17H2,1-3H3,(H,26,27,31). The van der Waals surface area contributed by atoms with E-state index in [1.165, 1.54) is 0 Å². The fourth-order valence-electron chi connectivity index (χ4n) is 3.86. The second-order valence-corrected chi connectivity index (χ2v) is 7.87. The fraction of sp³-hybridized carbons (Fsp3) is 0.320. The average Bonchev–Trinajstić information content (AvgIpc) is 3.29. The Morgan fingerprint density at radius 3 is 2.72 bits per heavy atom. The molecule has 0 spiro atoms. The molecule has 2 aromatic carbocycles. The van der Waals surface area contributed by atoms with Crippen LogP contribution in [-0.2, 0) is 17.8 Å². The van der Waals surface area contributed by atoms with Gasteiger partial charge < -0.3 is 9.30 Å². The molecule has 4 aromatic rings. The molecule has 32 heavy (non-hydrogen) atoms. The number of para-hydroxylation sites is 2. The van der Waals surface area contributed by atoms with E-state index in [-0.39, 0.29) is 5.91 Å². The third kappa shape index (κ3) is 4.89. The minimum atomic E-state index is -0.179. The topological polar surface area (TPSA) is 74.0 Å². The van der Waals surface area contributed by atoms with E-state index in [0.29, 0.717) is 37.8 Å². The number of hydrogen-bond donors (Lipinski definition) is 1. The van der Waals surface area contributed by atoms with Gasteiger partial charge in [0.2, 0.25) is 5.95 Å². The molecule has 166 valence electrons. The van der Waals surface area contributed by atoms with Crippen molar-refractivity contribution in [2.24, 2.45) is 0 Å². The molecule has 2 heterocycles. The molecule has 0 aliphatic rings. The molecule has 0 saturated carbocycles. The quantitative estimate of drug-likeness (QED) is 0.394. The lowest BCUT2D eigenvalue weighted by atomic mass is 10.1. The number of rotatable bonds is 9. The molecule has 0 atom stereocenters. The Morgan fingerprint density at radius 1 is 1.09 bits per heavy atom. The van der Waals surface area contributed by atoms with Crippen molar-refractivity contribution in [2.45, 2.75) is 40.3 Å². The molecule has 0 aliphatic heterocycles. The summed E-state index contributed by atoms with van der Waals surface area (Å²) in [5, 5.41) is 7.53. The van der Waals surface area contributed by atoms with Gasteiger partial charge >= 0.3 is 0 Å². The number of carbonyl (C=O) groups is 1. The lowest BCUT2D eigenvalue weighted by molar-refractivity contribution is 0.102. The van der Waals surface area contributed by atoms with Crippen LogP contribution in [0, 0.1) is 13.8 Å². The van der Waals surface area contributed by atoms with Crippen molar-refractivity contribution in [1.82, 2.24) is 19.3 Å². The highest BCUT2D eigenvalue weighted by Crippen LogP contribution is 2.21. The Hall–Kier alpha value is -3.45. The number of benzene rings is 2. The highest BCUT2D eigenvalue weighted by atomic mass is 16.5. The van der Waals surface area contributed by atoms with Crippen LogP contribution in [0.4, 0.5) is 5.95 Å². The lowest BCUT2D eigenvalue weighted by Gasteiger charge is -2.11. The Morgan fingerprint density at radius 2 is 1.94 bits per heavy atom. The second-order valence-electron chi connectivity index (χ2n) is 7.87. The zero-order valence-corrected chi connectivity index (χ0v) is 18.8. The van der Waals surface area contributed by atoms with Crippen LogP contribution < -0.4 is 5.32 Å². The van der Waals surface area contributed by atoms with Crippen LogP contribution >= 0.6 is 0 Å². The Bertz CT molecular complexity index is 1220. The molecule has 7 heteroatoms. The van der Waals surface area contributed by atoms with E-state index < -0.39 is 0 Å². The summed E-state index contributed by atoms with van der Waals surface area (Å²) in [6, 6.07) is 17.6. The van der Waals surface area contributed by atoms with Gasteiger partial charge in [-0.15, -0.1) is 0 Å². The van der Waals surface area contributed by atoms with Crippen LogP contribution in [0.1, 0.15) is 40.7 Å². The van der Waals surface area contributed by atoms with Gasteiger partial charge in [-0.1, -0.05) is 24.3 Å². The summed E-state index contributed by atoms with van der Waals surface area (Å²) >= 11 is 0. The summed E-state index contributed by atoms with van der Waals surface area (Å²) in [6.07, 6.45) is 0.842. The fourth-order valence-corrected chi connectivity index (χ4v) is 3.86. The summed E-state index contributed by atoms with van der Waals surface area (Å²) in [5.41, 5.74) is 5.55. The monoisotopic (exact) mass is 431 g/mol. The molecule has 1 amide bonds. The zero-order chi connectivity index (χ0) is 22.5. The number of amides is 1. The first-order valence-electron chi connectivity index (χ1n) is 11.0. The molecule has 0 fully saturated rings. The Kier molecular flexibility index (Phi) is 6.66. The van der Waals surface area contributed by atoms with Crippen LogP contribution in [-0.4, -0.2) is 38.5 Å². The van der Waals surface area contributed by atoms with E-state index in [9.17, 15) is 4.79 Å². The van der Waals surface area contributed by atoms with E-state index >= 15 is 0 Å². The van der Waals surface area contributed by atoms with Gasteiger partial charge in [-0.3, -0.25) is 14.8 Å². The molecule has 0 bridgehead atoms. The largest absolute Gasteiger partial charge is 0.382 e. The van der Waals surface area contributed by atoms with E-state index in [1.807, 2.05) is 84.6 Å². The predicted octanol–water partition coefficient (Wildman–Crippen LogP) is 4.58. The van der Waals surface area contributed by atoms with E-state index in [4.69, 9.17) is 4.74 Å². The smallest absolute Gasteiger partial charge is 0.257 e. The SMILES string of the molecule is CCOCCCn1c(NC(=O)c2cccc(Cn3nc(C)cc3C)c2)nc2ccccc21. The van der Waals surface area contributed by atoms with Crippen LogP contribution in [0.3, 0.4) is 0 Å². The predicted molar refractivity (Wildman–Crippen MR) is 126 cm³/mol. The number of nitrogens with one attached hydrogen (secondary N) is 1. The van der Waals surface area contributed by atoms with E-state index in [1.54, 1.807) is 0 Å². The summed E-state index contributed by atoms with van der Waals surface area (Å²) in [7, 11) is 0. The highest BCUT2D eigenvalue weighted by molar-refractivity contribution is 6.04. The van der Waals surface area contributed by atoms with Crippen molar-refractivity contribution >= 4 is 22.9 Å². The molecule has 0 radical (unpaired) electrons. The summed E-state index contributed by atoms with van der Waals surface area (Å²) in [5.74, 6) is 0.373. The van der Waals surface area contributed by atoms with Crippen LogP contribution in [0.15, 0.2) is 54.6 Å². The molecular weight excluding hydrogens is 402 g/mol. The first-order valence-corrected chi connectivity index (χ1v) is 11.0. The molecule has 0 saturated heterocycles. The first kappa shape index (κ1) is 21.8. The number of hydrogen-bond acceptors (Lipinski definition) is 4. The lowest BCUT2D eigenvalue weighted by Crippen LogP contribution is -2.17. The number of nitrogens with zero attached hydrogens (tertiary/aromatic N) is 4. The summed E-state index contributed by atoms with van der Waals surface area (Å²) in [4.78, 5) is 17.7. The maximum Gasteiger partial charge on any atom is 0.257 e. The highest BCUT2D eigenvalue weighted by Gasteiger charge is 2.15. The van der Waals surface area contributed by atoms with Gasteiger partial charge in [-0.2, -0.15) is 5.10 Å². The summed E-state index contributed by atoms with van der Waals surface area (Å²) < 4.78 is 9.47. The Balaban J connectivity index is 1.54. The maximum absolute atomic E-state index is 13.1. The number of ether oxygens (including phenoxy) is 1. The third-order valence-corrected chi connectivity index (χ3v) is 5.38. The van der Waals surface area contributed by atoms with Crippen LogP contribution in [0.5, 0.6) is 0 Å². The van der Waals surface area contributed by atoms with Crippen molar-refractivity contribution < 1.29 is 9.53 Å². The van der Waals surface area contributed by atoms with Gasteiger partial charge in [-0.05, 0) is 63.1 Å².